The molecule has 132 valence electrons. The second-order valence-corrected chi connectivity index (χ2v) is 8.15. The Balaban J connectivity index is 1.93. The zero-order valence-electron chi connectivity index (χ0n) is 13.6. The number of ether oxygens (including phenoxy) is 1. The fraction of sp³-hybridized carbons (Fsp3) is 0.533. The summed E-state index contributed by atoms with van der Waals surface area (Å²) in [7, 11) is 0.00218. The molecule has 2 aliphatic rings. The molecule has 1 aromatic carbocycles. The summed E-state index contributed by atoms with van der Waals surface area (Å²) < 4.78 is 32.6. The summed E-state index contributed by atoms with van der Waals surface area (Å²) in [6.07, 6.45) is 0.577. The Morgan fingerprint density at radius 1 is 1.42 bits per heavy atom. The Morgan fingerprint density at radius 3 is 2.83 bits per heavy atom. The van der Waals surface area contributed by atoms with Crippen LogP contribution in [0.5, 0.6) is 5.75 Å². The van der Waals surface area contributed by atoms with Crippen molar-refractivity contribution in [3.8, 4) is 5.75 Å². The maximum atomic E-state index is 13.0. The predicted molar refractivity (Wildman–Crippen MR) is 87.4 cm³/mol. The standard InChI is InChI=1S/C15H21N3O5S/c1-17(2)10-5-11(8-19)18(7-10)24(21,22)12-3-4-14-13(6-12)16-15(20)9-23-14/h3-4,6,10-11,19H,5,7-9H2,1-2H3,(H,16,20)/t10-,11+/m1/s1. The first-order chi connectivity index (χ1) is 11.3. The van der Waals surface area contributed by atoms with Gasteiger partial charge in [-0.1, -0.05) is 0 Å². The number of sulfonamides is 1. The molecule has 1 aromatic rings. The second-order valence-electron chi connectivity index (χ2n) is 6.26. The zero-order valence-corrected chi connectivity index (χ0v) is 14.4. The van der Waals surface area contributed by atoms with E-state index in [2.05, 4.69) is 5.32 Å². The highest BCUT2D eigenvalue weighted by Crippen LogP contribution is 2.33. The van der Waals surface area contributed by atoms with Crippen molar-refractivity contribution in [3.63, 3.8) is 0 Å². The van der Waals surface area contributed by atoms with E-state index in [9.17, 15) is 18.3 Å². The Labute approximate surface area is 141 Å². The average molecular weight is 355 g/mol. The summed E-state index contributed by atoms with van der Waals surface area (Å²) in [5, 5.41) is 12.2. The summed E-state index contributed by atoms with van der Waals surface area (Å²) in [6.45, 7) is 0.0111. The van der Waals surface area contributed by atoms with Gasteiger partial charge in [0.1, 0.15) is 5.75 Å². The van der Waals surface area contributed by atoms with Gasteiger partial charge in [-0.2, -0.15) is 4.31 Å². The van der Waals surface area contributed by atoms with Gasteiger partial charge in [-0.15, -0.1) is 0 Å². The minimum absolute atomic E-state index is 0.0533. The second kappa shape index (κ2) is 6.32. The smallest absolute Gasteiger partial charge is 0.262 e. The molecule has 2 heterocycles. The number of likely N-dealkylation sites (N-methyl/N-ethyl adjacent to an activating group) is 1. The lowest BCUT2D eigenvalue weighted by atomic mass is 10.2. The fourth-order valence-corrected chi connectivity index (χ4v) is 4.75. The lowest BCUT2D eigenvalue weighted by Gasteiger charge is -2.24. The maximum absolute atomic E-state index is 13.0. The summed E-state index contributed by atoms with van der Waals surface area (Å²) >= 11 is 0. The number of aliphatic hydroxyl groups excluding tert-OH is 1. The first kappa shape index (κ1) is 17.2. The van der Waals surface area contributed by atoms with E-state index in [-0.39, 0.29) is 30.1 Å². The molecule has 9 heteroatoms. The Hall–Kier alpha value is -1.68. The van der Waals surface area contributed by atoms with E-state index in [0.29, 0.717) is 24.4 Å². The van der Waals surface area contributed by atoms with E-state index in [1.807, 2.05) is 19.0 Å². The lowest BCUT2D eigenvalue weighted by Crippen LogP contribution is -2.39. The van der Waals surface area contributed by atoms with Crippen LogP contribution < -0.4 is 10.1 Å². The lowest BCUT2D eigenvalue weighted by molar-refractivity contribution is -0.118. The van der Waals surface area contributed by atoms with Gasteiger partial charge in [-0.05, 0) is 38.7 Å². The highest BCUT2D eigenvalue weighted by molar-refractivity contribution is 7.89. The maximum Gasteiger partial charge on any atom is 0.262 e. The van der Waals surface area contributed by atoms with Crippen molar-refractivity contribution in [1.29, 1.82) is 0 Å². The van der Waals surface area contributed by atoms with Crippen molar-refractivity contribution in [2.45, 2.75) is 23.4 Å². The molecule has 0 spiro atoms. The molecule has 8 nitrogen and oxygen atoms in total. The Morgan fingerprint density at radius 2 is 2.17 bits per heavy atom. The number of aliphatic hydroxyl groups is 1. The van der Waals surface area contributed by atoms with Crippen LogP contribution in [0.4, 0.5) is 5.69 Å². The monoisotopic (exact) mass is 355 g/mol. The molecule has 1 amide bonds. The molecule has 2 aliphatic heterocycles. The number of anilines is 1. The van der Waals surface area contributed by atoms with Crippen LogP contribution in [0.25, 0.3) is 0 Å². The summed E-state index contributed by atoms with van der Waals surface area (Å²) in [5.41, 5.74) is 0.344. The first-order valence-corrected chi connectivity index (χ1v) is 9.12. The molecule has 0 radical (unpaired) electrons. The molecule has 1 fully saturated rings. The van der Waals surface area contributed by atoms with Crippen LogP contribution in [-0.2, 0) is 14.8 Å². The van der Waals surface area contributed by atoms with E-state index >= 15 is 0 Å². The van der Waals surface area contributed by atoms with Gasteiger partial charge in [0, 0.05) is 18.6 Å². The van der Waals surface area contributed by atoms with Crippen molar-refractivity contribution in [2.24, 2.45) is 0 Å². The molecule has 0 bridgehead atoms. The molecule has 0 saturated carbocycles. The quantitative estimate of drug-likeness (QED) is 0.770. The minimum atomic E-state index is -3.78. The van der Waals surface area contributed by atoms with Gasteiger partial charge in [0.15, 0.2) is 6.61 Å². The number of carbonyl (C=O) groups is 1. The van der Waals surface area contributed by atoms with Crippen LogP contribution >= 0.6 is 0 Å². The van der Waals surface area contributed by atoms with Gasteiger partial charge in [0.2, 0.25) is 10.0 Å². The number of hydrogen-bond donors (Lipinski definition) is 2. The number of nitrogens with one attached hydrogen (secondary N) is 1. The number of rotatable bonds is 4. The Bertz CT molecular complexity index is 749. The molecule has 24 heavy (non-hydrogen) atoms. The van der Waals surface area contributed by atoms with Crippen molar-refractivity contribution in [2.75, 3.05) is 39.2 Å². The van der Waals surface area contributed by atoms with Crippen molar-refractivity contribution >= 4 is 21.6 Å². The molecular formula is C15H21N3O5S. The third-order valence-corrected chi connectivity index (χ3v) is 6.39. The highest BCUT2D eigenvalue weighted by Gasteiger charge is 2.40. The molecule has 3 rings (SSSR count). The molecule has 0 aliphatic carbocycles. The molecule has 0 unspecified atom stereocenters. The Kier molecular flexibility index (Phi) is 4.52. The van der Waals surface area contributed by atoms with E-state index in [0.717, 1.165) is 0 Å². The molecule has 2 atom stereocenters. The third-order valence-electron chi connectivity index (χ3n) is 4.47. The van der Waals surface area contributed by atoms with Gasteiger partial charge < -0.3 is 20.1 Å². The van der Waals surface area contributed by atoms with Gasteiger partial charge in [0.05, 0.1) is 17.2 Å². The molecular weight excluding hydrogens is 334 g/mol. The van der Waals surface area contributed by atoms with E-state index < -0.39 is 16.1 Å². The fourth-order valence-electron chi connectivity index (χ4n) is 3.06. The van der Waals surface area contributed by atoms with Crippen LogP contribution in [0.3, 0.4) is 0 Å². The van der Waals surface area contributed by atoms with Crippen LogP contribution in [-0.4, -0.2) is 74.6 Å². The van der Waals surface area contributed by atoms with E-state index in [1.54, 1.807) is 0 Å². The van der Waals surface area contributed by atoms with Gasteiger partial charge in [-0.3, -0.25) is 4.79 Å². The summed E-state index contributed by atoms with van der Waals surface area (Å²) in [6, 6.07) is 4.00. The van der Waals surface area contributed by atoms with Gasteiger partial charge in [0.25, 0.3) is 5.91 Å². The number of nitrogens with zero attached hydrogens (tertiary/aromatic N) is 2. The van der Waals surface area contributed by atoms with Crippen LogP contribution in [0, 0.1) is 0 Å². The van der Waals surface area contributed by atoms with Gasteiger partial charge in [-0.25, -0.2) is 8.42 Å². The van der Waals surface area contributed by atoms with Crippen LogP contribution in [0.2, 0.25) is 0 Å². The number of hydrogen-bond acceptors (Lipinski definition) is 6. The SMILES string of the molecule is CN(C)[C@@H]1C[C@@H](CO)N(S(=O)(=O)c2ccc3c(c2)NC(=O)CO3)C1. The normalized spacial score (nSPS) is 24.6. The highest BCUT2D eigenvalue weighted by atomic mass is 32.2. The molecule has 1 saturated heterocycles. The largest absolute Gasteiger partial charge is 0.482 e. The summed E-state index contributed by atoms with van der Waals surface area (Å²) in [4.78, 5) is 13.5. The van der Waals surface area contributed by atoms with Crippen LogP contribution in [0.1, 0.15) is 6.42 Å². The van der Waals surface area contributed by atoms with Crippen LogP contribution in [0.15, 0.2) is 23.1 Å². The molecule has 0 aromatic heterocycles. The zero-order chi connectivity index (χ0) is 17.5. The van der Waals surface area contributed by atoms with Gasteiger partial charge >= 0.3 is 0 Å². The average Bonchev–Trinajstić information content (AvgIpc) is 2.99. The molecule has 2 N–H and O–H groups in total. The minimum Gasteiger partial charge on any atom is -0.482 e. The van der Waals surface area contributed by atoms with E-state index in [4.69, 9.17) is 4.74 Å². The van der Waals surface area contributed by atoms with Crippen molar-refractivity contribution < 1.29 is 23.1 Å². The van der Waals surface area contributed by atoms with Crippen molar-refractivity contribution in [1.82, 2.24) is 9.21 Å². The van der Waals surface area contributed by atoms with Crippen molar-refractivity contribution in [3.05, 3.63) is 18.2 Å². The predicted octanol–water partition coefficient (Wildman–Crippen LogP) is -0.297. The number of benzene rings is 1. The summed E-state index contributed by atoms with van der Waals surface area (Å²) in [5.74, 6) is 0.124. The van der Waals surface area contributed by atoms with E-state index in [1.165, 1.54) is 22.5 Å². The first-order valence-electron chi connectivity index (χ1n) is 7.68. The number of carbonyl (C=O) groups excluding carboxylic acids is 1. The third kappa shape index (κ3) is 3.00. The number of amides is 1. The topological polar surface area (TPSA) is 99.2 Å². The number of fused-ring (bicyclic) bond motifs is 1.